The Kier molecular flexibility index (Phi) is 6.19. The molecule has 1 aromatic carbocycles. The van der Waals surface area contributed by atoms with Crippen molar-refractivity contribution in [1.29, 1.82) is 0 Å². The molecule has 0 bridgehead atoms. The number of hydrogen-bond acceptors (Lipinski definition) is 8. The first-order chi connectivity index (χ1) is 15.0. The van der Waals surface area contributed by atoms with Gasteiger partial charge in [0.05, 0.1) is 6.20 Å². The molecule has 11 heteroatoms. The maximum absolute atomic E-state index is 11.8. The number of carbonyl (C=O) groups is 2. The number of rotatable bonds is 5. The van der Waals surface area contributed by atoms with Crippen LogP contribution in [0, 0.1) is 0 Å². The van der Waals surface area contributed by atoms with Crippen LogP contribution in [-0.2, 0) is 11.2 Å². The largest absolute Gasteiger partial charge is 0.412 e. The number of aromatic nitrogens is 2. The van der Waals surface area contributed by atoms with Gasteiger partial charge in [-0.1, -0.05) is 17.7 Å². The second-order valence-corrected chi connectivity index (χ2v) is 7.99. The SMILES string of the molecule is CNC(=O)Oc1ccsc1Nc1nc(Nc2ccc3c(c2)NC(=O)CCC3)ncc1Cl. The van der Waals surface area contributed by atoms with E-state index in [4.69, 9.17) is 16.3 Å². The Morgan fingerprint density at radius 1 is 1.26 bits per heavy atom. The number of aryl methyl sites for hydroxylation is 1. The molecule has 1 aliphatic heterocycles. The molecular formula is C20H19ClN6O3S. The second-order valence-electron chi connectivity index (χ2n) is 6.67. The molecule has 2 aromatic heterocycles. The average Bonchev–Trinajstić information content (AvgIpc) is 3.08. The van der Waals surface area contributed by atoms with Crippen molar-refractivity contribution in [2.75, 3.05) is 23.0 Å². The van der Waals surface area contributed by atoms with Gasteiger partial charge in [-0.25, -0.2) is 9.78 Å². The highest BCUT2D eigenvalue weighted by Crippen LogP contribution is 2.35. The monoisotopic (exact) mass is 458 g/mol. The lowest BCUT2D eigenvalue weighted by molar-refractivity contribution is -0.116. The van der Waals surface area contributed by atoms with Gasteiger partial charge in [0.15, 0.2) is 11.6 Å². The number of halogens is 1. The van der Waals surface area contributed by atoms with Crippen LogP contribution in [0.5, 0.6) is 5.75 Å². The molecule has 0 atom stereocenters. The molecule has 0 unspecified atom stereocenters. The Hall–Kier alpha value is -3.37. The molecule has 1 aliphatic rings. The molecule has 3 heterocycles. The number of nitrogens with zero attached hydrogens (tertiary/aromatic N) is 2. The van der Waals surface area contributed by atoms with Gasteiger partial charge < -0.3 is 26.0 Å². The molecule has 4 rings (SSSR count). The third kappa shape index (κ3) is 5.04. The highest BCUT2D eigenvalue weighted by atomic mass is 35.5. The summed E-state index contributed by atoms with van der Waals surface area (Å²) < 4.78 is 5.21. The zero-order valence-corrected chi connectivity index (χ0v) is 18.1. The van der Waals surface area contributed by atoms with E-state index in [1.807, 2.05) is 18.2 Å². The zero-order chi connectivity index (χ0) is 21.8. The fourth-order valence-corrected chi connectivity index (χ4v) is 3.86. The van der Waals surface area contributed by atoms with Gasteiger partial charge in [0.2, 0.25) is 11.9 Å². The average molecular weight is 459 g/mol. The van der Waals surface area contributed by atoms with E-state index in [1.54, 1.807) is 11.4 Å². The van der Waals surface area contributed by atoms with Gasteiger partial charge in [0, 0.05) is 24.8 Å². The summed E-state index contributed by atoms with van der Waals surface area (Å²) >= 11 is 7.59. The first-order valence-electron chi connectivity index (χ1n) is 9.48. The van der Waals surface area contributed by atoms with Crippen LogP contribution in [0.2, 0.25) is 5.02 Å². The Balaban J connectivity index is 1.53. The van der Waals surface area contributed by atoms with Gasteiger partial charge >= 0.3 is 6.09 Å². The van der Waals surface area contributed by atoms with Gasteiger partial charge in [0.25, 0.3) is 0 Å². The first-order valence-corrected chi connectivity index (χ1v) is 10.7. The minimum Gasteiger partial charge on any atom is -0.407 e. The van der Waals surface area contributed by atoms with Crippen LogP contribution < -0.4 is 26.0 Å². The molecule has 0 aliphatic carbocycles. The molecule has 0 fully saturated rings. The van der Waals surface area contributed by atoms with E-state index in [0.717, 1.165) is 29.8 Å². The van der Waals surface area contributed by atoms with E-state index in [0.29, 0.717) is 34.0 Å². The van der Waals surface area contributed by atoms with Gasteiger partial charge in [-0.2, -0.15) is 4.98 Å². The van der Waals surface area contributed by atoms with Crippen molar-refractivity contribution in [1.82, 2.24) is 15.3 Å². The number of thiophene rings is 1. The van der Waals surface area contributed by atoms with Crippen LogP contribution in [0.3, 0.4) is 0 Å². The van der Waals surface area contributed by atoms with Crippen molar-refractivity contribution >= 4 is 63.1 Å². The maximum atomic E-state index is 11.8. The number of carbonyl (C=O) groups excluding carboxylic acids is 2. The zero-order valence-electron chi connectivity index (χ0n) is 16.5. The molecule has 3 aromatic rings. The van der Waals surface area contributed by atoms with E-state index < -0.39 is 6.09 Å². The third-order valence-electron chi connectivity index (χ3n) is 4.50. The Morgan fingerprint density at radius 2 is 2.13 bits per heavy atom. The molecule has 9 nitrogen and oxygen atoms in total. The van der Waals surface area contributed by atoms with Crippen molar-refractivity contribution < 1.29 is 14.3 Å². The Bertz CT molecular complexity index is 1140. The van der Waals surface area contributed by atoms with E-state index in [1.165, 1.54) is 24.6 Å². The molecular weight excluding hydrogens is 440 g/mol. The van der Waals surface area contributed by atoms with Crippen molar-refractivity contribution in [3.05, 3.63) is 46.4 Å². The smallest absolute Gasteiger partial charge is 0.407 e. The molecule has 4 N–H and O–H groups in total. The summed E-state index contributed by atoms with van der Waals surface area (Å²) in [6.07, 6.45) is 3.09. The number of nitrogens with one attached hydrogen (secondary N) is 4. The normalized spacial score (nSPS) is 12.9. The van der Waals surface area contributed by atoms with E-state index in [2.05, 4.69) is 31.2 Å². The van der Waals surface area contributed by atoms with Crippen LogP contribution in [0.4, 0.5) is 32.9 Å². The van der Waals surface area contributed by atoms with Gasteiger partial charge in [-0.15, -0.1) is 11.3 Å². The van der Waals surface area contributed by atoms with E-state index >= 15 is 0 Å². The number of fused-ring (bicyclic) bond motifs is 1. The van der Waals surface area contributed by atoms with E-state index in [9.17, 15) is 9.59 Å². The Labute approximate surface area is 187 Å². The topological polar surface area (TPSA) is 117 Å². The van der Waals surface area contributed by atoms with Crippen molar-refractivity contribution in [2.45, 2.75) is 19.3 Å². The summed E-state index contributed by atoms with van der Waals surface area (Å²) in [4.78, 5) is 32.0. The third-order valence-corrected chi connectivity index (χ3v) is 5.59. The standard InChI is InChI=1S/C20H19ClN6O3S/c1-22-20(29)30-15-7-8-31-18(15)26-17-13(21)10-23-19(27-17)24-12-6-5-11-3-2-4-16(28)25-14(11)9-12/h5-10H,2-4H2,1H3,(H,22,29)(H,25,28)(H2,23,24,26,27). The fraction of sp³-hybridized carbons (Fsp3) is 0.200. The lowest BCUT2D eigenvalue weighted by Crippen LogP contribution is -2.22. The molecule has 0 saturated carbocycles. The number of ether oxygens (including phenoxy) is 1. The van der Waals surface area contributed by atoms with Crippen LogP contribution in [0.1, 0.15) is 18.4 Å². The predicted molar refractivity (Wildman–Crippen MR) is 121 cm³/mol. The van der Waals surface area contributed by atoms with Crippen molar-refractivity contribution in [2.24, 2.45) is 0 Å². The van der Waals surface area contributed by atoms with Crippen molar-refractivity contribution in [3.63, 3.8) is 0 Å². The lowest BCUT2D eigenvalue weighted by Gasteiger charge is -2.12. The van der Waals surface area contributed by atoms with Crippen LogP contribution in [0.15, 0.2) is 35.8 Å². The molecule has 0 radical (unpaired) electrons. The number of hydrogen-bond donors (Lipinski definition) is 4. The highest BCUT2D eigenvalue weighted by molar-refractivity contribution is 7.14. The molecule has 160 valence electrons. The summed E-state index contributed by atoms with van der Waals surface area (Å²) in [6.45, 7) is 0. The van der Waals surface area contributed by atoms with Gasteiger partial charge in [0.1, 0.15) is 10.0 Å². The highest BCUT2D eigenvalue weighted by Gasteiger charge is 2.15. The molecule has 2 amide bonds. The van der Waals surface area contributed by atoms with E-state index in [-0.39, 0.29) is 5.91 Å². The summed E-state index contributed by atoms with van der Waals surface area (Å²) in [5.41, 5.74) is 2.61. The molecule has 0 saturated heterocycles. The minimum atomic E-state index is -0.576. The van der Waals surface area contributed by atoms with Gasteiger partial charge in [-0.05, 0) is 42.0 Å². The first kappa shape index (κ1) is 20.9. The lowest BCUT2D eigenvalue weighted by atomic mass is 10.1. The van der Waals surface area contributed by atoms with Gasteiger partial charge in [-0.3, -0.25) is 4.79 Å². The summed E-state index contributed by atoms with van der Waals surface area (Å²) in [7, 11) is 1.48. The summed E-state index contributed by atoms with van der Waals surface area (Å²) in [5.74, 6) is 1.04. The van der Waals surface area contributed by atoms with Crippen LogP contribution in [0.25, 0.3) is 0 Å². The van der Waals surface area contributed by atoms with Crippen LogP contribution in [-0.4, -0.2) is 29.0 Å². The number of amides is 2. The van der Waals surface area contributed by atoms with Crippen molar-refractivity contribution in [3.8, 4) is 5.75 Å². The quantitative estimate of drug-likeness (QED) is 0.438. The molecule has 31 heavy (non-hydrogen) atoms. The second kappa shape index (κ2) is 9.19. The van der Waals surface area contributed by atoms with Crippen LogP contribution >= 0.6 is 22.9 Å². The predicted octanol–water partition coefficient (Wildman–Crippen LogP) is 4.67. The maximum Gasteiger partial charge on any atom is 0.412 e. The summed E-state index contributed by atoms with van der Waals surface area (Å²) in [6, 6.07) is 7.42. The number of benzene rings is 1. The number of anilines is 5. The molecule has 0 spiro atoms. The minimum absolute atomic E-state index is 0.0101. The Morgan fingerprint density at radius 3 is 2.97 bits per heavy atom. The fourth-order valence-electron chi connectivity index (χ4n) is 3.01. The summed E-state index contributed by atoms with van der Waals surface area (Å²) in [5, 5.41) is 14.2.